The molecule has 3 N–H and O–H groups in total. The van der Waals surface area contributed by atoms with Crippen molar-refractivity contribution < 1.29 is 9.63 Å². The summed E-state index contributed by atoms with van der Waals surface area (Å²) < 4.78 is 1.89. The molecule has 1 heterocycles. The van der Waals surface area contributed by atoms with Gasteiger partial charge in [0.1, 0.15) is 12.1 Å². The number of nitrogens with two attached hydrogens (primary N) is 1. The van der Waals surface area contributed by atoms with Gasteiger partial charge in [-0.3, -0.25) is 9.79 Å². The van der Waals surface area contributed by atoms with E-state index in [1.165, 1.54) is 7.11 Å². The fourth-order valence-electron chi connectivity index (χ4n) is 3.32. The van der Waals surface area contributed by atoms with Gasteiger partial charge >= 0.3 is 0 Å². The molecule has 0 atom stereocenters. The van der Waals surface area contributed by atoms with Crippen LogP contribution in [0.4, 0.5) is 11.5 Å². The second kappa shape index (κ2) is 12.6. The maximum Gasteiger partial charge on any atom is 0.198 e. The number of anilines is 2. The first-order valence-corrected chi connectivity index (χ1v) is 11.1. The number of nitrogens with one attached hydrogen (secondary N) is 1. The highest BCUT2D eigenvalue weighted by Gasteiger charge is 2.19. The van der Waals surface area contributed by atoms with E-state index in [2.05, 4.69) is 21.0 Å². The largest absolute Gasteiger partial charge is 0.341 e. The number of carbonyl (C=O) groups is 1. The summed E-state index contributed by atoms with van der Waals surface area (Å²) in [5.74, 6) is 4.93. The molecule has 2 aromatic carbocycles. The van der Waals surface area contributed by atoms with E-state index in [0.29, 0.717) is 16.8 Å². The van der Waals surface area contributed by atoms with Gasteiger partial charge in [-0.1, -0.05) is 24.3 Å². The van der Waals surface area contributed by atoms with Gasteiger partial charge in [0.25, 0.3) is 0 Å². The van der Waals surface area contributed by atoms with E-state index < -0.39 is 0 Å². The average Bonchev–Trinajstić information content (AvgIpc) is 2.79. The van der Waals surface area contributed by atoms with Crippen molar-refractivity contribution in [2.24, 2.45) is 10.9 Å². The Morgan fingerprint density at radius 2 is 1.91 bits per heavy atom. The zero-order chi connectivity index (χ0) is 23.5. The van der Waals surface area contributed by atoms with E-state index in [0.717, 1.165) is 27.9 Å². The highest BCUT2D eigenvalue weighted by Crippen LogP contribution is 2.33. The van der Waals surface area contributed by atoms with Crippen LogP contribution in [0.25, 0.3) is 17.0 Å². The Bertz CT molecular complexity index is 1170. The maximum atomic E-state index is 13.4. The van der Waals surface area contributed by atoms with Gasteiger partial charge in [0.2, 0.25) is 0 Å². The highest BCUT2D eigenvalue weighted by molar-refractivity contribution is 7.98. The number of thioether (sulfide) groups is 1. The molecule has 7 nitrogen and oxygen atoms in total. The Kier molecular flexibility index (Phi) is 9.87. The van der Waals surface area contributed by atoms with Gasteiger partial charge in [0.05, 0.1) is 24.7 Å². The minimum Gasteiger partial charge on any atom is -0.341 e. The quantitative estimate of drug-likeness (QED) is 0.241. The lowest BCUT2D eigenvalue weighted by Crippen LogP contribution is -2.19. The second-order valence-electron chi connectivity index (χ2n) is 6.67. The molecule has 168 valence electrons. The first-order valence-electron chi connectivity index (χ1n) is 9.85. The van der Waals surface area contributed by atoms with Gasteiger partial charge in [-0.2, -0.15) is 0 Å². The third-order valence-electron chi connectivity index (χ3n) is 4.61. The maximum absolute atomic E-state index is 13.4. The summed E-state index contributed by atoms with van der Waals surface area (Å²) in [6.45, 7) is 2.14. The number of nitrogens with zero attached hydrogens (tertiary/aromatic N) is 2. The summed E-state index contributed by atoms with van der Waals surface area (Å²) in [6.07, 6.45) is 7.93. The number of rotatable bonds is 7. The summed E-state index contributed by atoms with van der Waals surface area (Å²) in [4.78, 5) is 33.7. The SMILES string of the molecule is CN=C/C=C\c1c(Nc2ccccc2)n(CC=O)c2c(SC)c(C)ccc2c1=O.CON. The van der Waals surface area contributed by atoms with Crippen LogP contribution in [0.3, 0.4) is 0 Å². The number of aryl methyl sites for hydroxylation is 1. The van der Waals surface area contributed by atoms with Crippen molar-refractivity contribution in [1.82, 2.24) is 4.57 Å². The van der Waals surface area contributed by atoms with Crippen LogP contribution < -0.4 is 16.6 Å². The predicted molar refractivity (Wildman–Crippen MR) is 135 cm³/mol. The third kappa shape index (κ3) is 5.73. The molecule has 0 aliphatic heterocycles. The number of carbonyl (C=O) groups excluding carboxylic acids is 1. The first kappa shape index (κ1) is 25.1. The Balaban J connectivity index is 0.00000114. The van der Waals surface area contributed by atoms with Crippen LogP contribution in [0.1, 0.15) is 11.1 Å². The molecular weight excluding hydrogens is 424 g/mol. The van der Waals surface area contributed by atoms with E-state index in [1.54, 1.807) is 37.2 Å². The molecule has 0 radical (unpaired) electrons. The number of aromatic nitrogens is 1. The lowest BCUT2D eigenvalue weighted by atomic mass is 10.1. The topological polar surface area (TPSA) is 98.7 Å². The standard InChI is InChI=1S/C23H23N3O2S.CH5NO/c1-16-11-12-18-20(22(16)29-3)26(14-15-27)23(25-17-8-5-4-6-9-17)19(21(18)28)10-7-13-24-2;1-3-2/h4-13,15,25H,14H2,1-3H3;2H2,1H3/b10-7-,24-13?;. The molecule has 0 fully saturated rings. The number of aliphatic imine (C=N–C) groups is 1. The fourth-order valence-corrected chi connectivity index (χ4v) is 4.12. The molecule has 3 aromatic rings. The first-order chi connectivity index (χ1) is 15.5. The van der Waals surface area contributed by atoms with Crippen molar-refractivity contribution in [3.8, 4) is 0 Å². The van der Waals surface area contributed by atoms with Crippen molar-refractivity contribution in [3.05, 3.63) is 69.9 Å². The van der Waals surface area contributed by atoms with Crippen LogP contribution in [0.2, 0.25) is 0 Å². The normalized spacial score (nSPS) is 11.0. The van der Waals surface area contributed by atoms with Gasteiger partial charge < -0.3 is 19.5 Å². The second-order valence-corrected chi connectivity index (χ2v) is 7.49. The summed E-state index contributed by atoms with van der Waals surface area (Å²) in [5.41, 5.74) is 3.07. The van der Waals surface area contributed by atoms with E-state index in [4.69, 9.17) is 0 Å². The minimum absolute atomic E-state index is 0.0865. The van der Waals surface area contributed by atoms with Crippen molar-refractivity contribution >= 4 is 52.7 Å². The minimum atomic E-state index is -0.0865. The summed E-state index contributed by atoms with van der Waals surface area (Å²) in [6, 6.07) is 13.4. The number of para-hydroxylation sites is 1. The zero-order valence-electron chi connectivity index (χ0n) is 18.7. The summed E-state index contributed by atoms with van der Waals surface area (Å²) in [7, 11) is 3.08. The number of pyridine rings is 1. The summed E-state index contributed by atoms with van der Waals surface area (Å²) >= 11 is 1.57. The Morgan fingerprint density at radius 1 is 1.22 bits per heavy atom. The molecule has 1 aromatic heterocycles. The van der Waals surface area contributed by atoms with E-state index in [9.17, 15) is 9.59 Å². The molecule has 0 unspecified atom stereocenters. The van der Waals surface area contributed by atoms with Crippen LogP contribution in [0.5, 0.6) is 0 Å². The average molecular weight is 453 g/mol. The number of hydrogen-bond acceptors (Lipinski definition) is 7. The lowest BCUT2D eigenvalue weighted by Gasteiger charge is -2.21. The molecule has 0 saturated heterocycles. The highest BCUT2D eigenvalue weighted by atomic mass is 32.2. The molecule has 0 spiro atoms. The monoisotopic (exact) mass is 452 g/mol. The van der Waals surface area contributed by atoms with Crippen LogP contribution in [0.15, 0.2) is 63.2 Å². The molecule has 0 aliphatic rings. The van der Waals surface area contributed by atoms with Crippen LogP contribution in [-0.2, 0) is 16.2 Å². The van der Waals surface area contributed by atoms with Crippen molar-refractivity contribution in [2.75, 3.05) is 25.7 Å². The Morgan fingerprint density at radius 3 is 2.50 bits per heavy atom. The zero-order valence-corrected chi connectivity index (χ0v) is 19.5. The lowest BCUT2D eigenvalue weighted by molar-refractivity contribution is -0.108. The smallest absolute Gasteiger partial charge is 0.198 e. The molecule has 8 heteroatoms. The molecule has 0 aliphatic carbocycles. The van der Waals surface area contributed by atoms with Crippen LogP contribution in [-0.4, -0.2) is 37.5 Å². The number of aldehydes is 1. The molecule has 0 bridgehead atoms. The van der Waals surface area contributed by atoms with Crippen molar-refractivity contribution in [3.63, 3.8) is 0 Å². The fraction of sp³-hybridized carbons (Fsp3) is 0.208. The van der Waals surface area contributed by atoms with Gasteiger partial charge in [-0.05, 0) is 49.1 Å². The number of fused-ring (bicyclic) bond motifs is 1. The molecule has 0 amide bonds. The van der Waals surface area contributed by atoms with Gasteiger partial charge in [0, 0.05) is 29.2 Å². The summed E-state index contributed by atoms with van der Waals surface area (Å²) in [5, 5.41) is 3.95. The predicted octanol–water partition coefficient (Wildman–Crippen LogP) is 4.19. The number of hydrogen-bond donors (Lipinski definition) is 2. The third-order valence-corrected chi connectivity index (χ3v) is 5.53. The van der Waals surface area contributed by atoms with Gasteiger partial charge in [-0.15, -0.1) is 11.8 Å². The Labute approximate surface area is 191 Å². The number of benzene rings is 2. The molecule has 3 rings (SSSR count). The Hall–Kier alpha value is -3.20. The molecular formula is C24H28N4O3S. The van der Waals surface area contributed by atoms with Crippen molar-refractivity contribution in [2.45, 2.75) is 18.4 Å². The van der Waals surface area contributed by atoms with Gasteiger partial charge in [0.15, 0.2) is 5.43 Å². The van der Waals surface area contributed by atoms with Crippen LogP contribution >= 0.6 is 11.8 Å². The van der Waals surface area contributed by atoms with E-state index >= 15 is 0 Å². The molecule has 32 heavy (non-hydrogen) atoms. The van der Waals surface area contributed by atoms with Gasteiger partial charge in [-0.25, -0.2) is 5.90 Å². The van der Waals surface area contributed by atoms with Crippen molar-refractivity contribution in [1.29, 1.82) is 0 Å². The van der Waals surface area contributed by atoms with E-state index in [-0.39, 0.29) is 12.0 Å². The molecule has 0 saturated carbocycles. The van der Waals surface area contributed by atoms with Crippen LogP contribution in [0, 0.1) is 6.92 Å². The number of allylic oxidation sites excluding steroid dienone is 1. The van der Waals surface area contributed by atoms with E-state index in [1.807, 2.05) is 60.2 Å².